The molecule has 2 aliphatic heterocycles. The SMILES string of the molecule is F[P-](F)(F)(F)(F)F.Nc1ccc(C2=CC(=C3C=CC(=[N+]4CCOCC4)C=C3)C=C(c3ccc(N)cc3)[Se]2)cc1. The molecule has 1 fully saturated rings. The zero-order chi connectivity index (χ0) is 28.3. The van der Waals surface area contributed by atoms with Crippen molar-refractivity contribution >= 4 is 48.8 Å². The number of rotatable bonds is 2. The van der Waals surface area contributed by atoms with Crippen LogP contribution in [0.3, 0.4) is 0 Å². The normalized spacial score (nSPS) is 19.4. The molecule has 1 saturated heterocycles. The van der Waals surface area contributed by atoms with Crippen LogP contribution in [0.25, 0.3) is 8.94 Å². The topological polar surface area (TPSA) is 64.3 Å². The summed E-state index contributed by atoms with van der Waals surface area (Å²) in [5, 5.41) is 0. The zero-order valence-electron chi connectivity index (χ0n) is 20.5. The quantitative estimate of drug-likeness (QED) is 0.121. The zero-order valence-corrected chi connectivity index (χ0v) is 23.2. The Hall–Kier alpha value is -3.10. The van der Waals surface area contributed by atoms with Gasteiger partial charge in [0.25, 0.3) is 0 Å². The van der Waals surface area contributed by atoms with E-state index in [1.165, 1.54) is 36.9 Å². The van der Waals surface area contributed by atoms with Gasteiger partial charge in [-0.05, 0) is 0 Å². The summed E-state index contributed by atoms with van der Waals surface area (Å²) in [6.45, 7) is 3.48. The van der Waals surface area contributed by atoms with Crippen LogP contribution in [-0.2, 0) is 4.74 Å². The summed E-state index contributed by atoms with van der Waals surface area (Å²) in [7, 11) is -10.7. The fourth-order valence-corrected chi connectivity index (χ4v) is 6.28. The van der Waals surface area contributed by atoms with Crippen LogP contribution in [0.1, 0.15) is 11.1 Å². The van der Waals surface area contributed by atoms with Crippen LogP contribution in [0, 0.1) is 0 Å². The molecule has 1 aliphatic carbocycles. The van der Waals surface area contributed by atoms with Crippen molar-refractivity contribution in [2.75, 3.05) is 37.8 Å². The molecule has 39 heavy (non-hydrogen) atoms. The van der Waals surface area contributed by atoms with Crippen molar-refractivity contribution in [1.82, 2.24) is 0 Å². The van der Waals surface area contributed by atoms with Crippen molar-refractivity contribution in [3.05, 3.63) is 107 Å². The summed E-state index contributed by atoms with van der Waals surface area (Å²) >= 11 is 0.184. The first kappa shape index (κ1) is 28.9. The number of nitrogens with two attached hydrogens (primary N) is 2. The molecule has 0 radical (unpaired) electrons. The monoisotopic (exact) mass is 633 g/mol. The first-order valence-corrected chi connectivity index (χ1v) is 15.5. The molecule has 0 aromatic heterocycles. The third kappa shape index (κ3) is 9.55. The molecule has 0 amide bonds. The molecule has 4 N–H and O–H groups in total. The molecule has 0 saturated carbocycles. The van der Waals surface area contributed by atoms with Gasteiger partial charge in [-0.15, -0.1) is 0 Å². The molecular formula is C27H26F6N3OPSe. The number of morpholine rings is 1. The second kappa shape index (κ2) is 10.5. The third-order valence-electron chi connectivity index (χ3n) is 5.76. The van der Waals surface area contributed by atoms with Gasteiger partial charge in [0, 0.05) is 0 Å². The van der Waals surface area contributed by atoms with Crippen LogP contribution in [0.5, 0.6) is 0 Å². The minimum absolute atomic E-state index is 0.184. The second-order valence-corrected chi connectivity index (χ2v) is 13.1. The van der Waals surface area contributed by atoms with Gasteiger partial charge in [0.2, 0.25) is 0 Å². The molecule has 0 bridgehead atoms. The number of benzene rings is 2. The molecule has 2 heterocycles. The Kier molecular flexibility index (Phi) is 7.76. The predicted octanol–water partition coefficient (Wildman–Crippen LogP) is 7.24. The molecule has 0 atom stereocenters. The molecule has 0 spiro atoms. The maximum absolute atomic E-state index is 10.7. The fraction of sp³-hybridized carbons (Fsp3) is 0.148. The summed E-state index contributed by atoms with van der Waals surface area (Å²) in [4.78, 5) is 0. The Labute approximate surface area is 228 Å². The number of nitrogens with zero attached hydrogens (tertiary/aromatic N) is 1. The van der Waals surface area contributed by atoms with Crippen molar-refractivity contribution in [3.63, 3.8) is 0 Å². The van der Waals surface area contributed by atoms with E-state index < -0.39 is 7.81 Å². The summed E-state index contributed by atoms with van der Waals surface area (Å²) < 4.78 is 69.8. The number of halogens is 6. The van der Waals surface area contributed by atoms with Crippen molar-refractivity contribution in [2.45, 2.75) is 0 Å². The first-order valence-electron chi connectivity index (χ1n) is 11.8. The van der Waals surface area contributed by atoms with E-state index in [2.05, 4.69) is 65.3 Å². The van der Waals surface area contributed by atoms with Gasteiger partial charge in [0.1, 0.15) is 0 Å². The van der Waals surface area contributed by atoms with Gasteiger partial charge in [-0.25, -0.2) is 0 Å². The van der Waals surface area contributed by atoms with E-state index in [-0.39, 0.29) is 15.0 Å². The van der Waals surface area contributed by atoms with E-state index in [1.54, 1.807) is 0 Å². The van der Waals surface area contributed by atoms with Gasteiger partial charge < -0.3 is 0 Å². The first-order chi connectivity index (χ1) is 18.1. The average Bonchev–Trinajstić information content (AvgIpc) is 2.88. The molecule has 0 unspecified atom stereocenters. The van der Waals surface area contributed by atoms with Crippen LogP contribution < -0.4 is 11.5 Å². The number of anilines is 2. The Morgan fingerprint density at radius 1 is 0.641 bits per heavy atom. The van der Waals surface area contributed by atoms with Gasteiger partial charge in [0.05, 0.1) is 0 Å². The van der Waals surface area contributed by atoms with E-state index in [1.807, 2.05) is 24.3 Å². The van der Waals surface area contributed by atoms with E-state index in [0.717, 1.165) is 37.7 Å². The van der Waals surface area contributed by atoms with Gasteiger partial charge in [-0.2, -0.15) is 0 Å². The van der Waals surface area contributed by atoms with Gasteiger partial charge in [0.15, 0.2) is 0 Å². The predicted molar refractivity (Wildman–Crippen MR) is 148 cm³/mol. The van der Waals surface area contributed by atoms with Crippen molar-refractivity contribution in [1.29, 1.82) is 0 Å². The van der Waals surface area contributed by atoms with Crippen molar-refractivity contribution in [3.8, 4) is 0 Å². The summed E-state index contributed by atoms with van der Waals surface area (Å²) in [5.41, 5.74) is 19.6. The summed E-state index contributed by atoms with van der Waals surface area (Å²) in [6, 6.07) is 16.4. The number of nitrogen functional groups attached to an aromatic ring is 2. The van der Waals surface area contributed by atoms with Gasteiger partial charge >= 0.3 is 228 Å². The average molecular weight is 632 g/mol. The molecule has 3 aliphatic rings. The molecule has 208 valence electrons. The Morgan fingerprint density at radius 3 is 1.46 bits per heavy atom. The molecule has 5 rings (SSSR count). The van der Waals surface area contributed by atoms with E-state index in [4.69, 9.17) is 16.2 Å². The van der Waals surface area contributed by atoms with Crippen LogP contribution in [-0.4, -0.2) is 51.5 Å². The van der Waals surface area contributed by atoms with E-state index >= 15 is 0 Å². The van der Waals surface area contributed by atoms with Gasteiger partial charge in [-0.3, -0.25) is 0 Å². The molecule has 12 heteroatoms. The van der Waals surface area contributed by atoms with Crippen LogP contribution >= 0.6 is 7.81 Å². The van der Waals surface area contributed by atoms with Crippen LogP contribution in [0.15, 0.2) is 96.1 Å². The van der Waals surface area contributed by atoms with E-state index in [9.17, 15) is 25.2 Å². The number of ether oxygens (including phenoxy) is 1. The summed E-state index contributed by atoms with van der Waals surface area (Å²) in [5.74, 6) is 0. The molecule has 2 aromatic carbocycles. The van der Waals surface area contributed by atoms with Crippen LogP contribution in [0.2, 0.25) is 0 Å². The van der Waals surface area contributed by atoms with E-state index in [0.29, 0.717) is 0 Å². The summed E-state index contributed by atoms with van der Waals surface area (Å²) in [6.07, 6.45) is 13.6. The molecule has 2 aromatic rings. The number of allylic oxidation sites excluding steroid dienone is 8. The Balaban J connectivity index is 0.000000448. The molecular weight excluding hydrogens is 606 g/mol. The third-order valence-corrected chi connectivity index (χ3v) is 8.17. The fourth-order valence-electron chi connectivity index (χ4n) is 3.93. The Bertz CT molecular complexity index is 1340. The second-order valence-electron chi connectivity index (χ2n) is 8.92. The van der Waals surface area contributed by atoms with Crippen molar-refractivity contribution in [2.24, 2.45) is 0 Å². The standard InChI is InChI=1S/C27H25N3OSe.F6P/c28-23-7-1-20(2-8-23)26-17-22(18-27(32-26)21-3-9-24(29)10-4-21)19-5-11-25(12-6-19)30-13-15-31-16-14-30;1-7(2,3,4,5)6/h1-12,17-18H,13-16H2,(H3,28,29);/q;-1/p+1. The minimum atomic E-state index is -10.7. The number of hydrogen-bond acceptors (Lipinski definition) is 3. The van der Waals surface area contributed by atoms with Crippen LogP contribution in [0.4, 0.5) is 36.6 Å². The Morgan fingerprint density at radius 2 is 1.05 bits per heavy atom. The molecule has 4 nitrogen and oxygen atoms in total. The maximum atomic E-state index is 9.87. The number of hydrogen-bond donors (Lipinski definition) is 2. The van der Waals surface area contributed by atoms with Gasteiger partial charge in [-0.1, -0.05) is 0 Å². The van der Waals surface area contributed by atoms with Crippen molar-refractivity contribution < 1.29 is 34.5 Å².